The number of nitrogens with zero attached hydrogens (tertiary/aromatic N) is 4. The molecule has 0 saturated heterocycles. The average molecular weight is 337 g/mol. The molecule has 2 aromatic heterocycles. The predicted octanol–water partition coefficient (Wildman–Crippen LogP) is 1.57. The zero-order valence-corrected chi connectivity index (χ0v) is 12.7. The van der Waals surface area contributed by atoms with E-state index in [-0.39, 0.29) is 24.1 Å². The second-order valence-electron chi connectivity index (χ2n) is 3.74. The van der Waals surface area contributed by atoms with Gasteiger partial charge in [0.2, 0.25) is 0 Å². The molecule has 20 heavy (non-hydrogen) atoms. The fraction of sp³-hybridized carbons (Fsp3) is 0.300. The number of methoxy groups -OCH3 is 1. The number of hydrogen-bond acceptors (Lipinski definition) is 6. The van der Waals surface area contributed by atoms with Crippen molar-refractivity contribution in [1.82, 2.24) is 19.7 Å². The molecular weight excluding hydrogens is 327 g/mol. The molecule has 0 fully saturated rings. The third-order valence-corrected chi connectivity index (χ3v) is 3.92. The standard InChI is InChI=1S/C10H10Cl2N4O3S/c1-19-5-4-16-9(7-2-3-13-6-8(7)11)14-15-10(16)20(12,17)18/h2-3,6H,4-5H2,1H3. The summed E-state index contributed by atoms with van der Waals surface area (Å²) in [5.41, 5.74) is 0.511. The monoisotopic (exact) mass is 336 g/mol. The fourth-order valence-corrected chi connectivity index (χ4v) is 2.73. The van der Waals surface area contributed by atoms with Crippen LogP contribution in [0.5, 0.6) is 0 Å². The van der Waals surface area contributed by atoms with Crippen LogP contribution in [0.2, 0.25) is 5.02 Å². The van der Waals surface area contributed by atoms with Crippen molar-refractivity contribution < 1.29 is 13.2 Å². The first kappa shape index (κ1) is 15.2. The van der Waals surface area contributed by atoms with Gasteiger partial charge in [-0.2, -0.15) is 0 Å². The molecule has 10 heteroatoms. The molecule has 0 aliphatic carbocycles. The van der Waals surface area contributed by atoms with Gasteiger partial charge in [0.15, 0.2) is 5.82 Å². The van der Waals surface area contributed by atoms with Crippen molar-refractivity contribution in [3.05, 3.63) is 23.5 Å². The molecule has 7 nitrogen and oxygen atoms in total. The van der Waals surface area contributed by atoms with Crippen LogP contribution in [0.4, 0.5) is 0 Å². The third-order valence-electron chi connectivity index (χ3n) is 2.47. The Bertz CT molecular complexity index is 717. The summed E-state index contributed by atoms with van der Waals surface area (Å²) in [6.07, 6.45) is 2.95. The number of rotatable bonds is 5. The molecule has 0 saturated carbocycles. The summed E-state index contributed by atoms with van der Waals surface area (Å²) in [6, 6.07) is 1.61. The van der Waals surface area contributed by atoms with E-state index in [1.54, 1.807) is 6.07 Å². The second kappa shape index (κ2) is 6.04. The summed E-state index contributed by atoms with van der Waals surface area (Å²) in [5, 5.41) is 7.45. The van der Waals surface area contributed by atoms with Crippen molar-refractivity contribution in [3.63, 3.8) is 0 Å². The van der Waals surface area contributed by atoms with Crippen molar-refractivity contribution >= 4 is 31.3 Å². The van der Waals surface area contributed by atoms with Crippen LogP contribution in [-0.2, 0) is 20.3 Å². The lowest BCUT2D eigenvalue weighted by atomic mass is 10.2. The minimum atomic E-state index is -4.02. The van der Waals surface area contributed by atoms with Gasteiger partial charge in [0.05, 0.1) is 18.2 Å². The lowest BCUT2D eigenvalue weighted by molar-refractivity contribution is 0.185. The van der Waals surface area contributed by atoms with Crippen LogP contribution >= 0.6 is 22.3 Å². The largest absolute Gasteiger partial charge is 0.383 e. The fourth-order valence-electron chi connectivity index (χ4n) is 1.61. The van der Waals surface area contributed by atoms with Crippen molar-refractivity contribution in [3.8, 4) is 11.4 Å². The van der Waals surface area contributed by atoms with Gasteiger partial charge in [-0.05, 0) is 6.07 Å². The molecule has 0 aliphatic heterocycles. The molecular formula is C10H10Cl2N4O3S. The Labute approximate surface area is 124 Å². The molecule has 0 radical (unpaired) electrons. The Morgan fingerprint density at radius 1 is 1.40 bits per heavy atom. The number of pyridine rings is 1. The highest BCUT2D eigenvalue weighted by Gasteiger charge is 2.24. The van der Waals surface area contributed by atoms with Crippen LogP contribution in [0.3, 0.4) is 0 Å². The predicted molar refractivity (Wildman–Crippen MR) is 73.2 cm³/mol. The van der Waals surface area contributed by atoms with Crippen LogP contribution in [0.15, 0.2) is 23.6 Å². The maximum Gasteiger partial charge on any atom is 0.296 e. The van der Waals surface area contributed by atoms with Gasteiger partial charge in [0.25, 0.3) is 14.2 Å². The third kappa shape index (κ3) is 3.09. The van der Waals surface area contributed by atoms with Gasteiger partial charge in [-0.1, -0.05) is 11.6 Å². The molecule has 0 atom stereocenters. The Hall–Kier alpha value is -1.22. The Morgan fingerprint density at radius 3 is 2.75 bits per heavy atom. The number of aromatic nitrogens is 4. The van der Waals surface area contributed by atoms with Gasteiger partial charge in [-0.25, -0.2) is 8.42 Å². The smallest absolute Gasteiger partial charge is 0.296 e. The quantitative estimate of drug-likeness (QED) is 0.770. The molecule has 0 unspecified atom stereocenters. The minimum Gasteiger partial charge on any atom is -0.383 e. The van der Waals surface area contributed by atoms with E-state index in [0.29, 0.717) is 10.6 Å². The van der Waals surface area contributed by atoms with E-state index in [4.69, 9.17) is 27.0 Å². The molecule has 0 spiro atoms. The number of hydrogen-bond donors (Lipinski definition) is 0. The van der Waals surface area contributed by atoms with Crippen molar-refractivity contribution in [2.75, 3.05) is 13.7 Å². The molecule has 0 bridgehead atoms. The molecule has 2 heterocycles. The maximum absolute atomic E-state index is 11.5. The van der Waals surface area contributed by atoms with Crippen LogP contribution in [-0.4, -0.2) is 41.9 Å². The molecule has 0 amide bonds. The molecule has 0 aromatic carbocycles. The van der Waals surface area contributed by atoms with Crippen molar-refractivity contribution in [2.24, 2.45) is 0 Å². The van der Waals surface area contributed by atoms with Crippen LogP contribution in [0.25, 0.3) is 11.4 Å². The van der Waals surface area contributed by atoms with Gasteiger partial charge in [0, 0.05) is 35.7 Å². The zero-order valence-electron chi connectivity index (χ0n) is 10.3. The summed E-state index contributed by atoms with van der Waals surface area (Å²) >= 11 is 6.03. The lowest BCUT2D eigenvalue weighted by Crippen LogP contribution is -2.11. The zero-order chi connectivity index (χ0) is 14.8. The molecule has 2 rings (SSSR count). The van der Waals surface area contributed by atoms with E-state index < -0.39 is 9.05 Å². The van der Waals surface area contributed by atoms with Gasteiger partial charge in [-0.15, -0.1) is 10.2 Å². The first-order chi connectivity index (χ1) is 9.45. The SMILES string of the molecule is COCCn1c(-c2ccncc2Cl)nnc1S(=O)(=O)Cl. The molecule has 2 aromatic rings. The lowest BCUT2D eigenvalue weighted by Gasteiger charge is -2.08. The summed E-state index contributed by atoms with van der Waals surface area (Å²) in [7, 11) is 2.83. The van der Waals surface area contributed by atoms with Gasteiger partial charge < -0.3 is 4.74 Å². The first-order valence-corrected chi connectivity index (χ1v) is 8.10. The van der Waals surface area contributed by atoms with Gasteiger partial charge >= 0.3 is 0 Å². The molecule has 0 aliphatic rings. The minimum absolute atomic E-state index is 0.221. The van der Waals surface area contributed by atoms with E-state index >= 15 is 0 Å². The van der Waals surface area contributed by atoms with E-state index in [0.717, 1.165) is 0 Å². The molecule has 0 N–H and O–H groups in total. The first-order valence-electron chi connectivity index (χ1n) is 5.42. The van der Waals surface area contributed by atoms with Crippen LogP contribution in [0, 0.1) is 0 Å². The van der Waals surface area contributed by atoms with Crippen molar-refractivity contribution in [1.29, 1.82) is 0 Å². The Morgan fingerprint density at radius 2 is 2.15 bits per heavy atom. The summed E-state index contributed by atoms with van der Waals surface area (Å²) in [6.45, 7) is 0.492. The number of halogens is 2. The van der Waals surface area contributed by atoms with Crippen LogP contribution in [0.1, 0.15) is 0 Å². The van der Waals surface area contributed by atoms with E-state index in [9.17, 15) is 8.42 Å². The Balaban J connectivity index is 2.60. The summed E-state index contributed by atoms with van der Waals surface area (Å²) < 4.78 is 29.3. The summed E-state index contributed by atoms with van der Waals surface area (Å²) in [4.78, 5) is 3.86. The second-order valence-corrected chi connectivity index (χ2v) is 6.61. The normalized spacial score (nSPS) is 11.8. The summed E-state index contributed by atoms with van der Waals surface area (Å²) in [5.74, 6) is 0.286. The average Bonchev–Trinajstić information content (AvgIpc) is 2.80. The van der Waals surface area contributed by atoms with E-state index in [1.165, 1.54) is 24.1 Å². The highest BCUT2D eigenvalue weighted by molar-refractivity contribution is 8.13. The van der Waals surface area contributed by atoms with E-state index in [1.807, 2.05) is 0 Å². The maximum atomic E-state index is 11.5. The van der Waals surface area contributed by atoms with Crippen LogP contribution < -0.4 is 0 Å². The highest BCUT2D eigenvalue weighted by Crippen LogP contribution is 2.27. The van der Waals surface area contributed by atoms with Crippen molar-refractivity contribution in [2.45, 2.75) is 11.7 Å². The Kier molecular flexibility index (Phi) is 4.59. The topological polar surface area (TPSA) is 87.0 Å². The molecule has 108 valence electrons. The van der Waals surface area contributed by atoms with Gasteiger partial charge in [-0.3, -0.25) is 9.55 Å². The number of ether oxygens (including phenoxy) is 1. The van der Waals surface area contributed by atoms with E-state index in [2.05, 4.69) is 15.2 Å². The van der Waals surface area contributed by atoms with Gasteiger partial charge in [0.1, 0.15) is 0 Å². The highest BCUT2D eigenvalue weighted by atomic mass is 35.7.